The zero-order chi connectivity index (χ0) is 14.6. The molecule has 5 nitrogen and oxygen atoms in total. The molecule has 0 amide bonds. The van der Waals surface area contributed by atoms with Crippen LogP contribution >= 0.6 is 0 Å². The molecule has 19 heavy (non-hydrogen) atoms. The molecular weight excluding hydrogens is 248 g/mol. The summed E-state index contributed by atoms with van der Waals surface area (Å²) in [6.45, 7) is 3.18. The molecule has 1 N–H and O–H groups in total. The summed E-state index contributed by atoms with van der Waals surface area (Å²) < 4.78 is 15.0. The Labute approximate surface area is 113 Å². The Morgan fingerprint density at radius 2 is 1.79 bits per heavy atom. The Bertz CT molecular complexity index is 453. The van der Waals surface area contributed by atoms with Crippen LogP contribution in [0.3, 0.4) is 0 Å². The molecule has 1 rings (SSSR count). The van der Waals surface area contributed by atoms with Crippen LogP contribution in [0.15, 0.2) is 18.2 Å². The second kappa shape index (κ2) is 5.93. The lowest BCUT2D eigenvalue weighted by Gasteiger charge is -2.29. The molecule has 0 bridgehead atoms. The number of hydrogen-bond acceptors (Lipinski definition) is 5. The number of rotatable bonds is 5. The van der Waals surface area contributed by atoms with Crippen LogP contribution in [-0.2, 0) is 15.1 Å². The van der Waals surface area contributed by atoms with Gasteiger partial charge in [0.2, 0.25) is 0 Å². The number of aliphatic hydroxyl groups is 1. The van der Waals surface area contributed by atoms with Gasteiger partial charge in [-0.05, 0) is 31.5 Å². The van der Waals surface area contributed by atoms with E-state index in [1.54, 1.807) is 32.0 Å². The number of carbonyl (C=O) groups excluding carboxylic acids is 1. The van der Waals surface area contributed by atoms with Crippen LogP contribution in [0.1, 0.15) is 19.4 Å². The van der Waals surface area contributed by atoms with Gasteiger partial charge in [0.05, 0.1) is 32.8 Å². The van der Waals surface area contributed by atoms with Gasteiger partial charge in [-0.25, -0.2) is 0 Å². The molecule has 2 atom stereocenters. The Kier molecular flexibility index (Phi) is 4.78. The van der Waals surface area contributed by atoms with Crippen LogP contribution in [0, 0.1) is 5.92 Å². The van der Waals surface area contributed by atoms with Gasteiger partial charge in [-0.3, -0.25) is 4.79 Å². The third-order valence-corrected chi connectivity index (χ3v) is 3.37. The molecule has 5 heteroatoms. The molecule has 1 aromatic rings. The molecule has 0 saturated carbocycles. The summed E-state index contributed by atoms with van der Waals surface area (Å²) >= 11 is 0. The molecule has 0 fully saturated rings. The minimum Gasteiger partial charge on any atom is -0.493 e. The SMILES string of the molecule is COC(=O)C(C)C(C)(O)c1ccc(OC)c(OC)c1. The van der Waals surface area contributed by atoms with Crippen molar-refractivity contribution in [1.82, 2.24) is 0 Å². The highest BCUT2D eigenvalue weighted by atomic mass is 16.5. The van der Waals surface area contributed by atoms with Gasteiger partial charge < -0.3 is 19.3 Å². The van der Waals surface area contributed by atoms with Crippen LogP contribution in [0.4, 0.5) is 0 Å². The fourth-order valence-electron chi connectivity index (χ4n) is 1.81. The molecule has 0 aliphatic heterocycles. The zero-order valence-corrected chi connectivity index (χ0v) is 11.9. The van der Waals surface area contributed by atoms with Crippen LogP contribution in [0.5, 0.6) is 11.5 Å². The summed E-state index contributed by atoms with van der Waals surface area (Å²) in [7, 11) is 4.34. The van der Waals surface area contributed by atoms with Crippen molar-refractivity contribution in [2.45, 2.75) is 19.4 Å². The monoisotopic (exact) mass is 268 g/mol. The summed E-state index contributed by atoms with van der Waals surface area (Å²) in [6, 6.07) is 5.03. The van der Waals surface area contributed by atoms with Crippen molar-refractivity contribution in [1.29, 1.82) is 0 Å². The predicted molar refractivity (Wildman–Crippen MR) is 70.3 cm³/mol. The first kappa shape index (κ1) is 15.3. The van der Waals surface area contributed by atoms with Gasteiger partial charge in [-0.2, -0.15) is 0 Å². The van der Waals surface area contributed by atoms with Gasteiger partial charge in [0.25, 0.3) is 0 Å². The van der Waals surface area contributed by atoms with Crippen molar-refractivity contribution in [3.63, 3.8) is 0 Å². The van der Waals surface area contributed by atoms with Gasteiger partial charge in [-0.1, -0.05) is 6.07 Å². The third kappa shape index (κ3) is 2.98. The van der Waals surface area contributed by atoms with Crippen molar-refractivity contribution in [3.8, 4) is 11.5 Å². The van der Waals surface area contributed by atoms with E-state index in [-0.39, 0.29) is 0 Å². The molecule has 0 aromatic heterocycles. The second-order valence-electron chi connectivity index (χ2n) is 4.46. The molecular formula is C14H20O5. The Balaban J connectivity index is 3.17. The molecule has 0 spiro atoms. The minimum absolute atomic E-state index is 0.472. The lowest BCUT2D eigenvalue weighted by molar-refractivity contribution is -0.154. The molecule has 0 aliphatic rings. The molecule has 0 radical (unpaired) electrons. The molecule has 0 heterocycles. The number of benzene rings is 1. The highest BCUT2D eigenvalue weighted by molar-refractivity contribution is 5.73. The lowest BCUT2D eigenvalue weighted by atomic mass is 9.84. The van der Waals surface area contributed by atoms with Gasteiger partial charge >= 0.3 is 5.97 Å². The summed E-state index contributed by atoms with van der Waals surface area (Å²) in [5.41, 5.74) is -0.796. The van der Waals surface area contributed by atoms with E-state index in [1.807, 2.05) is 0 Å². The third-order valence-electron chi connectivity index (χ3n) is 3.37. The van der Waals surface area contributed by atoms with Crippen molar-refractivity contribution < 1.29 is 24.1 Å². The van der Waals surface area contributed by atoms with Gasteiger partial charge in [-0.15, -0.1) is 0 Å². The fourth-order valence-corrected chi connectivity index (χ4v) is 1.81. The average Bonchev–Trinajstić information content (AvgIpc) is 2.44. The van der Waals surface area contributed by atoms with E-state index in [0.29, 0.717) is 17.1 Å². The molecule has 0 saturated heterocycles. The predicted octanol–water partition coefficient (Wildman–Crippen LogP) is 1.72. The maximum atomic E-state index is 11.6. The number of ether oxygens (including phenoxy) is 3. The number of hydrogen-bond donors (Lipinski definition) is 1. The lowest BCUT2D eigenvalue weighted by Crippen LogP contribution is -2.36. The first-order valence-electron chi connectivity index (χ1n) is 5.91. The van der Waals surface area contributed by atoms with E-state index in [2.05, 4.69) is 4.74 Å². The van der Waals surface area contributed by atoms with E-state index in [4.69, 9.17) is 9.47 Å². The molecule has 2 unspecified atom stereocenters. The second-order valence-corrected chi connectivity index (χ2v) is 4.46. The summed E-state index contributed by atoms with van der Waals surface area (Å²) in [5, 5.41) is 10.5. The normalized spacial score (nSPS) is 15.3. The van der Waals surface area contributed by atoms with Crippen molar-refractivity contribution in [2.24, 2.45) is 5.92 Å². The minimum atomic E-state index is -1.35. The number of esters is 1. The largest absolute Gasteiger partial charge is 0.493 e. The first-order chi connectivity index (χ1) is 8.88. The Hall–Kier alpha value is -1.75. The fraction of sp³-hybridized carbons (Fsp3) is 0.500. The maximum absolute atomic E-state index is 11.6. The molecule has 1 aromatic carbocycles. The van der Waals surface area contributed by atoms with Crippen LogP contribution in [-0.4, -0.2) is 32.4 Å². The topological polar surface area (TPSA) is 65.0 Å². The van der Waals surface area contributed by atoms with Gasteiger partial charge in [0, 0.05) is 0 Å². The molecule has 0 aliphatic carbocycles. The van der Waals surface area contributed by atoms with E-state index < -0.39 is 17.5 Å². The highest BCUT2D eigenvalue weighted by Gasteiger charge is 2.36. The van der Waals surface area contributed by atoms with E-state index in [0.717, 1.165) is 0 Å². The highest BCUT2D eigenvalue weighted by Crippen LogP contribution is 2.36. The van der Waals surface area contributed by atoms with Gasteiger partial charge in [0.15, 0.2) is 11.5 Å². The van der Waals surface area contributed by atoms with Crippen LogP contribution in [0.2, 0.25) is 0 Å². The van der Waals surface area contributed by atoms with Crippen LogP contribution in [0.25, 0.3) is 0 Å². The van der Waals surface area contributed by atoms with Crippen molar-refractivity contribution in [2.75, 3.05) is 21.3 Å². The Morgan fingerprint density at radius 1 is 1.21 bits per heavy atom. The smallest absolute Gasteiger partial charge is 0.311 e. The quantitative estimate of drug-likeness (QED) is 0.824. The number of methoxy groups -OCH3 is 3. The zero-order valence-electron chi connectivity index (χ0n) is 11.9. The van der Waals surface area contributed by atoms with Gasteiger partial charge in [0.1, 0.15) is 0 Å². The Morgan fingerprint density at radius 3 is 2.26 bits per heavy atom. The number of carbonyl (C=O) groups is 1. The standard InChI is InChI=1S/C14H20O5/c1-9(13(15)19-5)14(2,16)10-6-7-11(17-3)12(8-10)18-4/h6-9,16H,1-5H3. The first-order valence-corrected chi connectivity index (χ1v) is 5.91. The average molecular weight is 268 g/mol. The summed E-state index contributed by atoms with van der Waals surface area (Å²) in [4.78, 5) is 11.6. The summed E-state index contributed by atoms with van der Waals surface area (Å²) in [6.07, 6.45) is 0. The van der Waals surface area contributed by atoms with Crippen molar-refractivity contribution in [3.05, 3.63) is 23.8 Å². The van der Waals surface area contributed by atoms with E-state index >= 15 is 0 Å². The molecule has 106 valence electrons. The van der Waals surface area contributed by atoms with E-state index in [1.165, 1.54) is 21.3 Å². The van der Waals surface area contributed by atoms with E-state index in [9.17, 15) is 9.90 Å². The van der Waals surface area contributed by atoms with Crippen LogP contribution < -0.4 is 9.47 Å². The maximum Gasteiger partial charge on any atom is 0.311 e. The summed E-state index contributed by atoms with van der Waals surface area (Å²) in [5.74, 6) is -0.111. The van der Waals surface area contributed by atoms with Crippen molar-refractivity contribution >= 4 is 5.97 Å².